The molecule has 0 radical (unpaired) electrons. The highest BCUT2D eigenvalue weighted by Crippen LogP contribution is 2.43. The number of rotatable bonds is 2. The normalized spacial score (nSPS) is 25.3. The van der Waals surface area contributed by atoms with Crippen molar-refractivity contribution >= 4 is 5.88 Å². The lowest BCUT2D eigenvalue weighted by atomic mass is 9.79. The Labute approximate surface area is 104 Å². The Hall–Kier alpha value is -1.20. The maximum absolute atomic E-state index is 12.6. The fourth-order valence-corrected chi connectivity index (χ4v) is 2.71. The first-order valence-corrected chi connectivity index (χ1v) is 6.24. The summed E-state index contributed by atoms with van der Waals surface area (Å²) >= 11 is 0. The predicted molar refractivity (Wildman–Crippen MR) is 61.0 cm³/mol. The Morgan fingerprint density at radius 1 is 1.28 bits per heavy atom. The SMILES string of the molecule is CCc1c(C2CCC(C(F)(F)F)CC2)noc1N. The molecule has 1 aromatic heterocycles. The molecular weight excluding hydrogens is 245 g/mol. The van der Waals surface area contributed by atoms with Crippen molar-refractivity contribution in [3.05, 3.63) is 11.3 Å². The third kappa shape index (κ3) is 2.47. The number of hydrogen-bond acceptors (Lipinski definition) is 3. The minimum Gasteiger partial charge on any atom is -0.367 e. The van der Waals surface area contributed by atoms with Gasteiger partial charge >= 0.3 is 6.18 Å². The van der Waals surface area contributed by atoms with Crippen LogP contribution in [0.25, 0.3) is 0 Å². The number of nitrogens with two attached hydrogens (primary N) is 1. The van der Waals surface area contributed by atoms with E-state index in [2.05, 4.69) is 5.16 Å². The Balaban J connectivity index is 2.06. The number of halogens is 3. The number of hydrogen-bond donors (Lipinski definition) is 1. The Bertz CT molecular complexity index is 406. The van der Waals surface area contributed by atoms with E-state index < -0.39 is 12.1 Å². The molecule has 1 aromatic rings. The van der Waals surface area contributed by atoms with Crippen LogP contribution in [0.2, 0.25) is 0 Å². The number of alkyl halides is 3. The summed E-state index contributed by atoms with van der Waals surface area (Å²) in [5.41, 5.74) is 7.26. The van der Waals surface area contributed by atoms with Crippen LogP contribution in [0.4, 0.5) is 19.1 Å². The number of aromatic nitrogens is 1. The monoisotopic (exact) mass is 262 g/mol. The Morgan fingerprint density at radius 2 is 1.89 bits per heavy atom. The first-order chi connectivity index (χ1) is 8.43. The van der Waals surface area contributed by atoms with Crippen LogP contribution in [0.3, 0.4) is 0 Å². The highest BCUT2D eigenvalue weighted by molar-refractivity contribution is 5.40. The van der Waals surface area contributed by atoms with Gasteiger partial charge in [-0.1, -0.05) is 12.1 Å². The third-order valence-electron chi connectivity index (χ3n) is 3.78. The molecule has 0 atom stereocenters. The van der Waals surface area contributed by atoms with Gasteiger partial charge < -0.3 is 10.3 Å². The largest absolute Gasteiger partial charge is 0.391 e. The standard InChI is InChI=1S/C12H17F3N2O/c1-2-9-10(17-18-11(9)16)7-3-5-8(6-4-7)12(13,14)15/h7-8H,2-6,16H2,1H3. The molecular formula is C12H17F3N2O. The van der Waals surface area contributed by atoms with Crippen LogP contribution in [0, 0.1) is 5.92 Å². The van der Waals surface area contributed by atoms with Crippen LogP contribution >= 0.6 is 0 Å². The highest BCUT2D eigenvalue weighted by atomic mass is 19.4. The summed E-state index contributed by atoms with van der Waals surface area (Å²) in [5, 5.41) is 3.92. The molecule has 2 N–H and O–H groups in total. The number of nitrogen functional groups attached to an aromatic ring is 1. The summed E-state index contributed by atoms with van der Waals surface area (Å²) in [5.74, 6) is -0.812. The maximum Gasteiger partial charge on any atom is 0.391 e. The molecule has 1 saturated carbocycles. The fraction of sp³-hybridized carbons (Fsp3) is 0.750. The smallest absolute Gasteiger partial charge is 0.367 e. The van der Waals surface area contributed by atoms with Gasteiger partial charge in [-0.2, -0.15) is 13.2 Å². The van der Waals surface area contributed by atoms with Crippen molar-refractivity contribution in [2.75, 3.05) is 5.73 Å². The lowest BCUT2D eigenvalue weighted by molar-refractivity contribution is -0.182. The summed E-state index contributed by atoms with van der Waals surface area (Å²) in [6.45, 7) is 1.94. The molecule has 2 rings (SSSR count). The second-order valence-electron chi connectivity index (χ2n) is 4.85. The molecule has 1 aliphatic rings. The van der Waals surface area contributed by atoms with Crippen molar-refractivity contribution in [2.45, 2.75) is 51.1 Å². The van der Waals surface area contributed by atoms with E-state index in [4.69, 9.17) is 10.3 Å². The number of nitrogens with zero attached hydrogens (tertiary/aromatic N) is 1. The molecule has 0 aliphatic heterocycles. The van der Waals surface area contributed by atoms with Crippen molar-refractivity contribution in [1.82, 2.24) is 5.16 Å². The van der Waals surface area contributed by atoms with Gasteiger partial charge in [0.15, 0.2) is 0 Å². The minimum atomic E-state index is -4.07. The lowest BCUT2D eigenvalue weighted by Gasteiger charge is -2.29. The van der Waals surface area contributed by atoms with Gasteiger partial charge in [0.25, 0.3) is 0 Å². The Morgan fingerprint density at radius 3 is 2.39 bits per heavy atom. The summed E-state index contributed by atoms with van der Waals surface area (Å²) in [7, 11) is 0. The van der Waals surface area contributed by atoms with Crippen molar-refractivity contribution in [1.29, 1.82) is 0 Å². The first-order valence-electron chi connectivity index (χ1n) is 6.24. The summed E-state index contributed by atoms with van der Waals surface area (Å²) in [6.07, 6.45) is -2.02. The fourth-order valence-electron chi connectivity index (χ4n) is 2.71. The zero-order valence-electron chi connectivity index (χ0n) is 10.3. The van der Waals surface area contributed by atoms with Crippen LogP contribution < -0.4 is 5.73 Å². The first kappa shape index (κ1) is 13.2. The van der Waals surface area contributed by atoms with Gasteiger partial charge in [0.05, 0.1) is 11.6 Å². The second kappa shape index (κ2) is 4.82. The van der Waals surface area contributed by atoms with Gasteiger partial charge in [0.1, 0.15) is 0 Å². The molecule has 102 valence electrons. The van der Waals surface area contributed by atoms with Crippen LogP contribution in [-0.4, -0.2) is 11.3 Å². The van der Waals surface area contributed by atoms with Crippen molar-refractivity contribution < 1.29 is 17.7 Å². The molecule has 6 heteroatoms. The molecule has 0 amide bonds. The van der Waals surface area contributed by atoms with Gasteiger partial charge in [0.2, 0.25) is 5.88 Å². The van der Waals surface area contributed by atoms with E-state index in [0.29, 0.717) is 25.1 Å². The summed E-state index contributed by atoms with van der Waals surface area (Å²) in [4.78, 5) is 0. The topological polar surface area (TPSA) is 52.0 Å². The highest BCUT2D eigenvalue weighted by Gasteiger charge is 2.42. The minimum absolute atomic E-state index is 0.0552. The molecule has 0 saturated heterocycles. The Kier molecular flexibility index (Phi) is 3.54. The summed E-state index contributed by atoms with van der Waals surface area (Å²) in [6, 6.07) is 0. The quantitative estimate of drug-likeness (QED) is 0.885. The molecule has 1 heterocycles. The van der Waals surface area contributed by atoms with E-state index in [-0.39, 0.29) is 18.8 Å². The molecule has 3 nitrogen and oxygen atoms in total. The van der Waals surface area contributed by atoms with E-state index in [0.717, 1.165) is 11.3 Å². The van der Waals surface area contributed by atoms with Gasteiger partial charge in [-0.25, -0.2) is 0 Å². The zero-order chi connectivity index (χ0) is 13.3. The predicted octanol–water partition coefficient (Wildman–Crippen LogP) is 3.66. The van der Waals surface area contributed by atoms with E-state index in [1.165, 1.54) is 0 Å². The number of anilines is 1. The zero-order valence-corrected chi connectivity index (χ0v) is 10.3. The van der Waals surface area contributed by atoms with E-state index >= 15 is 0 Å². The van der Waals surface area contributed by atoms with Crippen LogP contribution in [0.1, 0.15) is 49.8 Å². The van der Waals surface area contributed by atoms with E-state index in [9.17, 15) is 13.2 Å². The molecule has 1 fully saturated rings. The van der Waals surface area contributed by atoms with Crippen molar-refractivity contribution in [3.8, 4) is 0 Å². The lowest BCUT2D eigenvalue weighted by Crippen LogP contribution is -2.27. The average Bonchev–Trinajstić information content (AvgIpc) is 2.69. The molecule has 0 spiro atoms. The summed E-state index contributed by atoms with van der Waals surface area (Å²) < 4.78 is 42.6. The maximum atomic E-state index is 12.6. The van der Waals surface area contributed by atoms with E-state index in [1.54, 1.807) is 0 Å². The van der Waals surface area contributed by atoms with Crippen molar-refractivity contribution in [2.24, 2.45) is 5.92 Å². The van der Waals surface area contributed by atoms with Crippen LogP contribution in [0.15, 0.2) is 4.52 Å². The van der Waals surface area contributed by atoms with Crippen LogP contribution in [0.5, 0.6) is 0 Å². The van der Waals surface area contributed by atoms with Crippen LogP contribution in [-0.2, 0) is 6.42 Å². The molecule has 1 aliphatic carbocycles. The van der Waals surface area contributed by atoms with Gasteiger partial charge in [-0.15, -0.1) is 0 Å². The average molecular weight is 262 g/mol. The molecule has 0 aromatic carbocycles. The van der Waals surface area contributed by atoms with Gasteiger partial charge in [0, 0.05) is 11.5 Å². The van der Waals surface area contributed by atoms with Gasteiger partial charge in [-0.05, 0) is 32.1 Å². The molecule has 0 bridgehead atoms. The second-order valence-corrected chi connectivity index (χ2v) is 4.85. The molecule has 0 unspecified atom stereocenters. The molecule has 18 heavy (non-hydrogen) atoms. The van der Waals surface area contributed by atoms with E-state index in [1.807, 2.05) is 6.92 Å². The van der Waals surface area contributed by atoms with Crippen molar-refractivity contribution in [3.63, 3.8) is 0 Å². The third-order valence-corrected chi connectivity index (χ3v) is 3.78. The van der Waals surface area contributed by atoms with Gasteiger partial charge in [-0.3, -0.25) is 0 Å².